The molecule has 0 rings (SSSR count). The second kappa shape index (κ2) is 5.25. The molecule has 0 aliphatic heterocycles. The molecule has 8 heteroatoms. The molecule has 0 fully saturated rings. The van der Waals surface area contributed by atoms with Gasteiger partial charge in [-0.1, -0.05) is 6.08 Å². The Balaban J connectivity index is 0. The lowest BCUT2D eigenvalue weighted by Gasteiger charge is -1.82. The SMILES string of the molecule is C=CCS(=O)(=O)O.CS(=O)(=O)O. The van der Waals surface area contributed by atoms with E-state index in [-0.39, 0.29) is 5.75 Å². The molecule has 0 bridgehead atoms. The summed E-state index contributed by atoms with van der Waals surface area (Å²) in [5.74, 6) is -0.368. The number of hydrogen-bond acceptors (Lipinski definition) is 4. The van der Waals surface area contributed by atoms with Crippen molar-refractivity contribution in [3.63, 3.8) is 0 Å². The molecule has 0 aliphatic carbocycles. The van der Waals surface area contributed by atoms with Crippen LogP contribution in [0.2, 0.25) is 0 Å². The molecule has 0 atom stereocenters. The minimum Gasteiger partial charge on any atom is -0.286 e. The number of rotatable bonds is 2. The van der Waals surface area contributed by atoms with Gasteiger partial charge >= 0.3 is 0 Å². The van der Waals surface area contributed by atoms with Gasteiger partial charge in [0.05, 0.1) is 12.0 Å². The highest BCUT2D eigenvalue weighted by Gasteiger charge is 1.95. The molecule has 0 aromatic heterocycles. The van der Waals surface area contributed by atoms with Crippen LogP contribution in [0, 0.1) is 0 Å². The molecular weight excluding hydrogens is 208 g/mol. The minimum atomic E-state index is -3.79. The van der Waals surface area contributed by atoms with Crippen molar-refractivity contribution < 1.29 is 25.9 Å². The third-order valence-corrected chi connectivity index (χ3v) is 0.985. The predicted molar refractivity (Wildman–Crippen MR) is 44.1 cm³/mol. The Hall–Kier alpha value is -0.440. The molecule has 0 saturated heterocycles. The van der Waals surface area contributed by atoms with E-state index in [1.807, 2.05) is 0 Å². The molecule has 0 aromatic rings. The van der Waals surface area contributed by atoms with Crippen molar-refractivity contribution in [1.29, 1.82) is 0 Å². The Morgan fingerprint density at radius 3 is 1.50 bits per heavy atom. The Labute approximate surface area is 71.4 Å². The van der Waals surface area contributed by atoms with E-state index in [9.17, 15) is 16.8 Å². The van der Waals surface area contributed by atoms with Crippen LogP contribution in [0.1, 0.15) is 0 Å². The summed E-state index contributed by atoms with van der Waals surface area (Å²) >= 11 is 0. The summed E-state index contributed by atoms with van der Waals surface area (Å²) in [6.45, 7) is 3.11. The second-order valence-electron chi connectivity index (χ2n) is 1.77. The first-order valence-electron chi connectivity index (χ1n) is 2.55. The van der Waals surface area contributed by atoms with Gasteiger partial charge in [-0.3, -0.25) is 9.11 Å². The first-order chi connectivity index (χ1) is 5.06. The average Bonchev–Trinajstić information content (AvgIpc) is 1.54. The molecule has 0 aromatic carbocycles. The predicted octanol–water partition coefficient (Wildman–Crippen LogP) is -0.436. The number of hydrogen-bond donors (Lipinski definition) is 2. The van der Waals surface area contributed by atoms with Crippen LogP contribution in [0.25, 0.3) is 0 Å². The minimum absolute atomic E-state index is 0.368. The monoisotopic (exact) mass is 218 g/mol. The summed E-state index contributed by atoms with van der Waals surface area (Å²) in [6.07, 6.45) is 1.84. The van der Waals surface area contributed by atoms with Gasteiger partial charge < -0.3 is 0 Å². The molecule has 0 aliphatic rings. The second-order valence-corrected chi connectivity index (χ2v) is 4.73. The summed E-state index contributed by atoms with van der Waals surface area (Å²) in [5.41, 5.74) is 0. The summed E-state index contributed by atoms with van der Waals surface area (Å²) in [7, 11) is -7.46. The molecule has 6 nitrogen and oxygen atoms in total. The van der Waals surface area contributed by atoms with E-state index < -0.39 is 20.2 Å². The van der Waals surface area contributed by atoms with Crippen LogP contribution in [-0.2, 0) is 20.2 Å². The van der Waals surface area contributed by atoms with Gasteiger partial charge in [-0.25, -0.2) is 0 Å². The largest absolute Gasteiger partial charge is 0.286 e. The van der Waals surface area contributed by atoms with Crippen molar-refractivity contribution in [2.75, 3.05) is 12.0 Å². The van der Waals surface area contributed by atoms with Gasteiger partial charge in [-0.05, 0) is 0 Å². The van der Waals surface area contributed by atoms with E-state index in [0.29, 0.717) is 6.26 Å². The van der Waals surface area contributed by atoms with Crippen molar-refractivity contribution >= 4 is 20.2 Å². The topological polar surface area (TPSA) is 109 Å². The Morgan fingerprint density at radius 1 is 1.25 bits per heavy atom. The van der Waals surface area contributed by atoms with E-state index in [4.69, 9.17) is 9.11 Å². The fourth-order valence-corrected chi connectivity index (χ4v) is 0.447. The summed E-state index contributed by atoms with van der Waals surface area (Å²) in [4.78, 5) is 0. The van der Waals surface area contributed by atoms with Crippen LogP contribution >= 0.6 is 0 Å². The Morgan fingerprint density at radius 2 is 1.50 bits per heavy atom. The molecular formula is C4H10O6S2. The van der Waals surface area contributed by atoms with Gasteiger partial charge in [0.25, 0.3) is 20.2 Å². The average molecular weight is 218 g/mol. The normalized spacial score (nSPS) is 11.2. The molecule has 2 N–H and O–H groups in total. The van der Waals surface area contributed by atoms with E-state index in [2.05, 4.69) is 6.58 Å². The third-order valence-electron chi connectivity index (χ3n) is 0.328. The van der Waals surface area contributed by atoms with Crippen LogP contribution < -0.4 is 0 Å². The van der Waals surface area contributed by atoms with E-state index in [0.717, 1.165) is 6.08 Å². The zero-order valence-corrected chi connectivity index (χ0v) is 7.97. The van der Waals surface area contributed by atoms with E-state index in [1.165, 1.54) is 0 Å². The standard InChI is InChI=1S/C3H6O3S.CH4O3S/c1-2-3-7(4,5)6;1-5(2,3)4/h2H,1,3H2,(H,4,5,6);1H3,(H,2,3,4). The van der Waals surface area contributed by atoms with Crippen LogP contribution in [0.5, 0.6) is 0 Å². The summed E-state index contributed by atoms with van der Waals surface area (Å²) < 4.78 is 53.2. The smallest absolute Gasteiger partial charge is 0.268 e. The van der Waals surface area contributed by atoms with Gasteiger partial charge in [0.1, 0.15) is 0 Å². The highest BCUT2D eigenvalue weighted by Crippen LogP contribution is 1.78. The molecule has 0 radical (unpaired) electrons. The maximum absolute atomic E-state index is 9.72. The highest BCUT2D eigenvalue weighted by molar-refractivity contribution is 7.86. The maximum Gasteiger partial charge on any atom is 0.268 e. The van der Waals surface area contributed by atoms with E-state index >= 15 is 0 Å². The molecule has 74 valence electrons. The molecule has 0 spiro atoms. The zero-order valence-electron chi connectivity index (χ0n) is 6.34. The maximum atomic E-state index is 9.72. The van der Waals surface area contributed by atoms with Gasteiger partial charge in [0.15, 0.2) is 0 Å². The quantitative estimate of drug-likeness (QED) is 0.480. The first-order valence-corrected chi connectivity index (χ1v) is 6.00. The van der Waals surface area contributed by atoms with Crippen molar-refractivity contribution in [2.24, 2.45) is 0 Å². The highest BCUT2D eigenvalue weighted by atomic mass is 32.2. The van der Waals surface area contributed by atoms with E-state index in [1.54, 1.807) is 0 Å². The summed E-state index contributed by atoms with van der Waals surface area (Å²) in [6, 6.07) is 0. The lowest BCUT2D eigenvalue weighted by molar-refractivity contribution is 0.485. The van der Waals surface area contributed by atoms with Crippen molar-refractivity contribution in [3.05, 3.63) is 12.7 Å². The van der Waals surface area contributed by atoms with Crippen LogP contribution in [0.3, 0.4) is 0 Å². The van der Waals surface area contributed by atoms with Crippen LogP contribution in [0.15, 0.2) is 12.7 Å². The van der Waals surface area contributed by atoms with Gasteiger partial charge in [-0.2, -0.15) is 16.8 Å². The van der Waals surface area contributed by atoms with Gasteiger partial charge in [0.2, 0.25) is 0 Å². The molecule has 0 amide bonds. The first kappa shape index (κ1) is 14.1. The third kappa shape index (κ3) is 55.3. The van der Waals surface area contributed by atoms with Crippen LogP contribution in [0.4, 0.5) is 0 Å². The van der Waals surface area contributed by atoms with Crippen molar-refractivity contribution in [1.82, 2.24) is 0 Å². The molecule has 0 saturated carbocycles. The Bertz CT molecular complexity index is 301. The fraction of sp³-hybridized carbons (Fsp3) is 0.500. The lowest BCUT2D eigenvalue weighted by Crippen LogP contribution is -1.99. The Kier molecular flexibility index (Phi) is 6.17. The van der Waals surface area contributed by atoms with Crippen molar-refractivity contribution in [3.8, 4) is 0 Å². The molecule has 0 unspecified atom stereocenters. The van der Waals surface area contributed by atoms with Crippen molar-refractivity contribution in [2.45, 2.75) is 0 Å². The van der Waals surface area contributed by atoms with Crippen LogP contribution in [-0.4, -0.2) is 37.9 Å². The van der Waals surface area contributed by atoms with Gasteiger partial charge in [-0.15, -0.1) is 6.58 Å². The zero-order chi connectivity index (χ0) is 10.4. The summed E-state index contributed by atoms with van der Waals surface area (Å²) in [5, 5.41) is 0. The lowest BCUT2D eigenvalue weighted by atomic mass is 10.8. The van der Waals surface area contributed by atoms with Gasteiger partial charge in [0, 0.05) is 0 Å². The molecule has 12 heavy (non-hydrogen) atoms. The fourth-order valence-electron chi connectivity index (χ4n) is 0.149. The molecule has 0 heterocycles.